The van der Waals surface area contributed by atoms with Crippen molar-refractivity contribution in [2.24, 2.45) is 0 Å². The molecule has 0 spiro atoms. The normalized spacial score (nSPS) is 10.0. The van der Waals surface area contributed by atoms with Crippen LogP contribution in [0.5, 0.6) is 5.75 Å². The van der Waals surface area contributed by atoms with Crippen molar-refractivity contribution in [3.63, 3.8) is 0 Å². The number of aromatic nitrogens is 1. The van der Waals surface area contributed by atoms with E-state index in [4.69, 9.17) is 4.74 Å². The summed E-state index contributed by atoms with van der Waals surface area (Å²) < 4.78 is 17.7. The summed E-state index contributed by atoms with van der Waals surface area (Å²) in [6.07, 6.45) is 1.16. The van der Waals surface area contributed by atoms with Gasteiger partial charge >= 0.3 is 0 Å². The summed E-state index contributed by atoms with van der Waals surface area (Å²) in [7, 11) is 1.30. The molecule has 0 radical (unpaired) electrons. The van der Waals surface area contributed by atoms with Gasteiger partial charge in [0.05, 0.1) is 35.5 Å². The van der Waals surface area contributed by atoms with Crippen LogP contribution in [0.15, 0.2) is 36.5 Å². The highest BCUT2D eigenvalue weighted by Crippen LogP contribution is 2.25. The van der Waals surface area contributed by atoms with E-state index in [2.05, 4.69) is 10.3 Å². The van der Waals surface area contributed by atoms with Crippen molar-refractivity contribution in [3.05, 3.63) is 58.2 Å². The Kier molecular flexibility index (Phi) is 4.07. The first-order chi connectivity index (χ1) is 10.0. The van der Waals surface area contributed by atoms with Gasteiger partial charge in [-0.05, 0) is 18.2 Å². The number of amides is 1. The number of anilines is 1. The number of carbonyl (C=O) groups excluding carboxylic acids is 1. The topological polar surface area (TPSA) is 94.4 Å². The van der Waals surface area contributed by atoms with Crippen LogP contribution >= 0.6 is 0 Å². The number of rotatable bonds is 4. The summed E-state index contributed by atoms with van der Waals surface area (Å²) >= 11 is 0. The molecule has 21 heavy (non-hydrogen) atoms. The van der Waals surface area contributed by atoms with Crippen LogP contribution in [0.1, 0.15) is 10.4 Å². The maximum atomic E-state index is 12.7. The SMILES string of the molecule is COc1cc([N+](=O)[O-])ccc1C(=O)Nc1ccc(F)nc1. The predicted octanol–water partition coefficient (Wildman–Crippen LogP) is 2.39. The largest absolute Gasteiger partial charge is 0.496 e. The molecule has 1 amide bonds. The molecule has 108 valence electrons. The van der Waals surface area contributed by atoms with Crippen LogP contribution in [0.25, 0.3) is 0 Å². The molecule has 1 heterocycles. The van der Waals surface area contributed by atoms with E-state index in [1.807, 2.05) is 0 Å². The number of hydrogen-bond donors (Lipinski definition) is 1. The summed E-state index contributed by atoms with van der Waals surface area (Å²) in [4.78, 5) is 25.6. The van der Waals surface area contributed by atoms with Crippen molar-refractivity contribution in [2.75, 3.05) is 12.4 Å². The Morgan fingerprint density at radius 3 is 2.71 bits per heavy atom. The smallest absolute Gasteiger partial charge is 0.273 e. The molecule has 0 aliphatic carbocycles. The molecule has 1 aromatic heterocycles. The number of nitrogens with one attached hydrogen (secondary N) is 1. The first kappa shape index (κ1) is 14.4. The fourth-order valence-corrected chi connectivity index (χ4v) is 1.63. The highest BCUT2D eigenvalue weighted by Gasteiger charge is 2.17. The van der Waals surface area contributed by atoms with Crippen LogP contribution in [-0.2, 0) is 0 Å². The number of hydrogen-bond acceptors (Lipinski definition) is 5. The van der Waals surface area contributed by atoms with Crippen LogP contribution in [0.4, 0.5) is 15.8 Å². The van der Waals surface area contributed by atoms with E-state index in [0.29, 0.717) is 5.69 Å². The summed E-state index contributed by atoms with van der Waals surface area (Å²) in [6, 6.07) is 6.07. The minimum atomic E-state index is -0.666. The van der Waals surface area contributed by atoms with E-state index in [1.165, 1.54) is 25.3 Å². The fourth-order valence-electron chi connectivity index (χ4n) is 1.63. The van der Waals surface area contributed by atoms with Crippen molar-refractivity contribution in [1.82, 2.24) is 4.98 Å². The van der Waals surface area contributed by atoms with E-state index in [9.17, 15) is 19.3 Å². The second-order valence-electron chi connectivity index (χ2n) is 3.97. The predicted molar refractivity (Wildman–Crippen MR) is 71.8 cm³/mol. The Morgan fingerprint density at radius 1 is 1.38 bits per heavy atom. The third-order valence-electron chi connectivity index (χ3n) is 2.63. The molecule has 7 nitrogen and oxygen atoms in total. The van der Waals surface area contributed by atoms with Crippen molar-refractivity contribution >= 4 is 17.3 Å². The van der Waals surface area contributed by atoms with E-state index in [1.54, 1.807) is 0 Å². The third-order valence-corrected chi connectivity index (χ3v) is 2.63. The van der Waals surface area contributed by atoms with Crippen molar-refractivity contribution < 1.29 is 18.8 Å². The summed E-state index contributed by atoms with van der Waals surface area (Å²) in [5.74, 6) is -1.15. The van der Waals surface area contributed by atoms with Gasteiger partial charge in [-0.2, -0.15) is 4.39 Å². The molecule has 2 aromatic rings. The number of carbonyl (C=O) groups is 1. The van der Waals surface area contributed by atoms with Crippen molar-refractivity contribution in [3.8, 4) is 5.75 Å². The van der Waals surface area contributed by atoms with E-state index < -0.39 is 16.8 Å². The number of halogens is 1. The average molecular weight is 291 g/mol. The molecule has 8 heteroatoms. The van der Waals surface area contributed by atoms with Crippen molar-refractivity contribution in [1.29, 1.82) is 0 Å². The molecule has 0 aliphatic heterocycles. The average Bonchev–Trinajstić information content (AvgIpc) is 2.48. The zero-order valence-electron chi connectivity index (χ0n) is 10.9. The number of nitrogens with zero attached hydrogens (tertiary/aromatic N) is 2. The molecule has 0 saturated heterocycles. The van der Waals surface area contributed by atoms with E-state index in [0.717, 1.165) is 18.3 Å². The van der Waals surface area contributed by atoms with Gasteiger partial charge in [0.25, 0.3) is 11.6 Å². The Balaban J connectivity index is 2.26. The van der Waals surface area contributed by atoms with Gasteiger partial charge in [0.2, 0.25) is 5.95 Å². The third kappa shape index (κ3) is 3.30. The monoisotopic (exact) mass is 291 g/mol. The fraction of sp³-hybridized carbons (Fsp3) is 0.0769. The highest BCUT2D eigenvalue weighted by atomic mass is 19.1. The van der Waals surface area contributed by atoms with Gasteiger partial charge in [0, 0.05) is 6.07 Å². The van der Waals surface area contributed by atoms with Crippen molar-refractivity contribution in [2.45, 2.75) is 0 Å². The van der Waals surface area contributed by atoms with Gasteiger partial charge in [-0.15, -0.1) is 0 Å². The number of methoxy groups -OCH3 is 1. The lowest BCUT2D eigenvalue weighted by Gasteiger charge is -2.09. The molecule has 0 bridgehead atoms. The summed E-state index contributed by atoms with van der Waals surface area (Å²) in [5.41, 5.74) is 0.223. The zero-order chi connectivity index (χ0) is 15.4. The molecule has 0 aliphatic rings. The number of non-ortho nitro benzene ring substituents is 1. The maximum Gasteiger partial charge on any atom is 0.273 e. The van der Waals surface area contributed by atoms with Crippen LogP contribution < -0.4 is 10.1 Å². The lowest BCUT2D eigenvalue weighted by atomic mass is 10.1. The van der Waals surface area contributed by atoms with Gasteiger partial charge in [-0.25, -0.2) is 4.98 Å². The maximum absolute atomic E-state index is 12.7. The molecule has 1 N–H and O–H groups in total. The second kappa shape index (κ2) is 5.95. The molecule has 1 aromatic carbocycles. The minimum Gasteiger partial charge on any atom is -0.496 e. The lowest BCUT2D eigenvalue weighted by Crippen LogP contribution is -2.13. The van der Waals surface area contributed by atoms with Gasteiger partial charge in [-0.3, -0.25) is 14.9 Å². The van der Waals surface area contributed by atoms with Crippen LogP contribution in [0, 0.1) is 16.1 Å². The number of ether oxygens (including phenoxy) is 1. The van der Waals surface area contributed by atoms with Gasteiger partial charge < -0.3 is 10.1 Å². The quantitative estimate of drug-likeness (QED) is 0.530. The van der Waals surface area contributed by atoms with Gasteiger partial charge in [0.1, 0.15) is 5.75 Å². The van der Waals surface area contributed by atoms with E-state index in [-0.39, 0.29) is 17.0 Å². The zero-order valence-corrected chi connectivity index (χ0v) is 10.9. The number of benzene rings is 1. The molecule has 0 unspecified atom stereocenters. The second-order valence-corrected chi connectivity index (χ2v) is 3.97. The van der Waals surface area contributed by atoms with E-state index >= 15 is 0 Å². The summed E-state index contributed by atoms with van der Waals surface area (Å²) in [5, 5.41) is 13.2. The van der Waals surface area contributed by atoms with Crippen LogP contribution in [-0.4, -0.2) is 22.9 Å². The highest BCUT2D eigenvalue weighted by molar-refractivity contribution is 6.06. The Labute approximate surface area is 118 Å². The van der Waals surface area contributed by atoms with Crippen LogP contribution in [0.3, 0.4) is 0 Å². The number of pyridine rings is 1. The van der Waals surface area contributed by atoms with Gasteiger partial charge in [-0.1, -0.05) is 0 Å². The molecule has 0 saturated carbocycles. The molecule has 0 atom stereocenters. The lowest BCUT2D eigenvalue weighted by molar-refractivity contribution is -0.384. The first-order valence-electron chi connectivity index (χ1n) is 5.76. The number of nitro benzene ring substituents is 1. The summed E-state index contributed by atoms with van der Waals surface area (Å²) in [6.45, 7) is 0. The standard InChI is InChI=1S/C13H10FN3O4/c1-21-11-6-9(17(19)20)3-4-10(11)13(18)16-8-2-5-12(14)15-7-8/h2-7H,1H3,(H,16,18). The molecule has 0 fully saturated rings. The Bertz CT molecular complexity index is 688. The minimum absolute atomic E-state index is 0.0665. The Hall–Kier alpha value is -3.03. The Morgan fingerprint density at radius 2 is 2.14 bits per heavy atom. The van der Waals surface area contributed by atoms with Gasteiger partial charge in [0.15, 0.2) is 0 Å². The molecule has 2 rings (SSSR count). The number of nitro groups is 1. The molecular formula is C13H10FN3O4. The molecular weight excluding hydrogens is 281 g/mol. The first-order valence-corrected chi connectivity index (χ1v) is 5.76. The van der Waals surface area contributed by atoms with Crippen LogP contribution in [0.2, 0.25) is 0 Å².